The van der Waals surface area contributed by atoms with Gasteiger partial charge in [-0.3, -0.25) is 0 Å². The van der Waals surface area contributed by atoms with Gasteiger partial charge >= 0.3 is 6.09 Å². The number of hydrogen-bond acceptors (Lipinski definition) is 3. The van der Waals surface area contributed by atoms with E-state index in [1.54, 1.807) is 0 Å². The number of carboxylic acid groups (broad SMARTS) is 1. The van der Waals surface area contributed by atoms with E-state index in [-0.39, 0.29) is 0 Å². The lowest BCUT2D eigenvalue weighted by Gasteiger charge is -2.23. The summed E-state index contributed by atoms with van der Waals surface area (Å²) in [5.74, 6) is -0.479. The summed E-state index contributed by atoms with van der Waals surface area (Å²) in [6.07, 6.45) is 1.11. The Morgan fingerprint density at radius 2 is 2.27 bits per heavy atom. The number of allylic oxidation sites excluding steroid dienone is 2. The highest BCUT2D eigenvalue weighted by atomic mass is 16.4. The fourth-order valence-corrected chi connectivity index (χ4v) is 0.754. The molecule has 0 aromatic carbocycles. The Bertz CT molecular complexity index is 233. The van der Waals surface area contributed by atoms with E-state index >= 15 is 0 Å². The van der Waals surface area contributed by atoms with Crippen LogP contribution >= 0.6 is 0 Å². The normalized spacial score (nSPS) is 23.2. The van der Waals surface area contributed by atoms with Crippen molar-refractivity contribution in [3.05, 3.63) is 24.1 Å². The molecule has 0 aliphatic carbocycles. The summed E-state index contributed by atoms with van der Waals surface area (Å²) in [5.41, 5.74) is 0. The molecule has 3 N–H and O–H groups in total. The molecule has 1 amide bonds. The van der Waals surface area contributed by atoms with Gasteiger partial charge in [-0.05, 0) is 12.2 Å². The zero-order chi connectivity index (χ0) is 8.43. The first kappa shape index (κ1) is 7.62. The van der Waals surface area contributed by atoms with E-state index in [1.165, 1.54) is 18.2 Å². The number of carbonyl (C=O) groups is 1. The zero-order valence-electron chi connectivity index (χ0n) is 5.51. The van der Waals surface area contributed by atoms with Crippen molar-refractivity contribution in [1.82, 2.24) is 4.90 Å². The largest absolute Gasteiger partial charge is 0.494 e. The molecule has 0 aromatic rings. The van der Waals surface area contributed by atoms with E-state index in [4.69, 9.17) is 15.3 Å². The van der Waals surface area contributed by atoms with Crippen LogP contribution in [0.15, 0.2) is 24.1 Å². The predicted molar refractivity (Wildman–Crippen MR) is 35.7 cm³/mol. The van der Waals surface area contributed by atoms with Crippen LogP contribution in [0.2, 0.25) is 0 Å². The first-order valence-electron chi connectivity index (χ1n) is 2.90. The van der Waals surface area contributed by atoms with Crippen LogP contribution in [-0.2, 0) is 0 Å². The van der Waals surface area contributed by atoms with E-state index in [1.807, 2.05) is 0 Å². The molecule has 5 nitrogen and oxygen atoms in total. The fourth-order valence-electron chi connectivity index (χ4n) is 0.754. The van der Waals surface area contributed by atoms with Crippen molar-refractivity contribution in [2.45, 2.75) is 6.23 Å². The van der Waals surface area contributed by atoms with Crippen molar-refractivity contribution in [1.29, 1.82) is 0 Å². The number of aliphatic hydroxyl groups excluding tert-OH is 2. The molecule has 5 heteroatoms. The van der Waals surface area contributed by atoms with Crippen molar-refractivity contribution in [3.63, 3.8) is 0 Å². The maximum absolute atomic E-state index is 10.3. The van der Waals surface area contributed by atoms with Gasteiger partial charge in [0.2, 0.25) is 0 Å². The van der Waals surface area contributed by atoms with Crippen LogP contribution in [0.4, 0.5) is 4.79 Å². The van der Waals surface area contributed by atoms with E-state index in [2.05, 4.69) is 0 Å². The number of nitrogens with zero attached hydrogens (tertiary/aromatic N) is 1. The van der Waals surface area contributed by atoms with Crippen molar-refractivity contribution in [3.8, 4) is 0 Å². The molecule has 0 fully saturated rings. The number of aliphatic hydroxyl groups is 2. The Morgan fingerprint density at radius 1 is 1.64 bits per heavy atom. The molecular formula is C6H7NO4. The van der Waals surface area contributed by atoms with Gasteiger partial charge in [-0.2, -0.15) is 0 Å². The average molecular weight is 157 g/mol. The van der Waals surface area contributed by atoms with Crippen LogP contribution in [0.3, 0.4) is 0 Å². The van der Waals surface area contributed by atoms with Crippen LogP contribution in [0.25, 0.3) is 0 Å². The van der Waals surface area contributed by atoms with Gasteiger partial charge in [0.15, 0.2) is 12.1 Å². The summed E-state index contributed by atoms with van der Waals surface area (Å²) in [7, 11) is 0. The summed E-state index contributed by atoms with van der Waals surface area (Å²) in [6, 6.07) is 0. The van der Waals surface area contributed by atoms with Crippen molar-refractivity contribution in [2.75, 3.05) is 0 Å². The minimum Gasteiger partial charge on any atom is -0.494 e. The minimum absolute atomic E-state index is 0.444. The molecule has 0 aromatic heterocycles. The molecule has 0 saturated carbocycles. The summed E-state index contributed by atoms with van der Waals surface area (Å²) >= 11 is 0. The van der Waals surface area contributed by atoms with E-state index in [0.717, 1.165) is 0 Å². The summed E-state index contributed by atoms with van der Waals surface area (Å²) in [5, 5.41) is 26.3. The van der Waals surface area contributed by atoms with E-state index in [9.17, 15) is 4.79 Å². The first-order valence-corrected chi connectivity index (χ1v) is 2.90. The van der Waals surface area contributed by atoms with E-state index in [0.29, 0.717) is 4.90 Å². The van der Waals surface area contributed by atoms with E-state index < -0.39 is 18.2 Å². The van der Waals surface area contributed by atoms with Crippen LogP contribution < -0.4 is 0 Å². The van der Waals surface area contributed by atoms with Crippen LogP contribution in [0.5, 0.6) is 0 Å². The molecule has 0 spiro atoms. The highest BCUT2D eigenvalue weighted by Gasteiger charge is 2.24. The molecule has 0 saturated heterocycles. The molecule has 1 rings (SSSR count). The average Bonchev–Trinajstić information content (AvgIpc) is 1.85. The smallest absolute Gasteiger partial charge is 0.416 e. The second-order valence-electron chi connectivity index (χ2n) is 1.98. The Labute approximate surface area is 62.5 Å². The minimum atomic E-state index is -1.39. The molecule has 1 aliphatic rings. The molecule has 0 radical (unpaired) electrons. The summed E-state index contributed by atoms with van der Waals surface area (Å²) in [6.45, 7) is 0. The zero-order valence-corrected chi connectivity index (χ0v) is 5.51. The van der Waals surface area contributed by atoms with Gasteiger partial charge in [0, 0.05) is 0 Å². The summed E-state index contributed by atoms with van der Waals surface area (Å²) in [4.78, 5) is 10.8. The van der Waals surface area contributed by atoms with Gasteiger partial charge in [0.05, 0.1) is 0 Å². The number of amides is 1. The van der Waals surface area contributed by atoms with Crippen molar-refractivity contribution < 1.29 is 20.1 Å². The number of hydrogen-bond donors (Lipinski definition) is 3. The Morgan fingerprint density at radius 3 is 2.64 bits per heavy atom. The Hall–Kier alpha value is -1.49. The van der Waals surface area contributed by atoms with Crippen molar-refractivity contribution in [2.24, 2.45) is 0 Å². The number of rotatable bonds is 0. The maximum atomic E-state index is 10.3. The lowest BCUT2D eigenvalue weighted by Crippen LogP contribution is -2.38. The molecule has 1 unspecified atom stereocenters. The second kappa shape index (κ2) is 2.63. The standard InChI is InChI=1S/C6H7NO4/c8-4-2-1-3-5(9)7(4)6(10)11/h1-4,8-9H,(H,10,11). The molecule has 1 atom stereocenters. The SMILES string of the molecule is O=C(O)N1C(O)=CC=CC1O. The molecule has 1 heterocycles. The topological polar surface area (TPSA) is 81.0 Å². The highest BCUT2D eigenvalue weighted by molar-refractivity contribution is 5.68. The quantitative estimate of drug-likeness (QED) is 0.471. The second-order valence-corrected chi connectivity index (χ2v) is 1.98. The van der Waals surface area contributed by atoms with Crippen LogP contribution in [0.1, 0.15) is 0 Å². The molecule has 60 valence electrons. The third-order valence-electron chi connectivity index (χ3n) is 1.25. The van der Waals surface area contributed by atoms with Crippen LogP contribution in [-0.4, -0.2) is 32.5 Å². The monoisotopic (exact) mass is 157 g/mol. The fraction of sp³-hybridized carbons (Fsp3) is 0.167. The van der Waals surface area contributed by atoms with Gasteiger partial charge < -0.3 is 15.3 Å². The third-order valence-corrected chi connectivity index (χ3v) is 1.25. The molecule has 11 heavy (non-hydrogen) atoms. The Balaban J connectivity index is 2.86. The highest BCUT2D eigenvalue weighted by Crippen LogP contribution is 2.11. The van der Waals surface area contributed by atoms with Gasteiger partial charge in [-0.25, -0.2) is 9.69 Å². The van der Waals surface area contributed by atoms with Gasteiger partial charge in [-0.15, -0.1) is 0 Å². The lowest BCUT2D eigenvalue weighted by molar-refractivity contribution is 0.0333. The van der Waals surface area contributed by atoms with Gasteiger partial charge in [0.25, 0.3) is 0 Å². The molecular weight excluding hydrogens is 150 g/mol. The van der Waals surface area contributed by atoms with Gasteiger partial charge in [0.1, 0.15) is 0 Å². The maximum Gasteiger partial charge on any atom is 0.416 e. The molecule has 1 aliphatic heterocycles. The van der Waals surface area contributed by atoms with Crippen LogP contribution in [0, 0.1) is 0 Å². The third kappa shape index (κ3) is 1.32. The lowest BCUT2D eigenvalue weighted by atomic mass is 10.3. The van der Waals surface area contributed by atoms with Gasteiger partial charge in [-0.1, -0.05) is 6.08 Å². The van der Waals surface area contributed by atoms with Crippen molar-refractivity contribution >= 4 is 6.09 Å². The predicted octanol–water partition coefficient (Wildman–Crippen LogP) is 0.254. The molecule has 0 bridgehead atoms. The Kier molecular flexibility index (Phi) is 1.82. The summed E-state index contributed by atoms with van der Waals surface area (Å²) < 4.78 is 0. The first-order chi connectivity index (χ1) is 5.13.